The van der Waals surface area contributed by atoms with Crippen molar-refractivity contribution < 1.29 is 33.3 Å². The molecule has 3 aliphatic rings. The molecular weight excluding hydrogens is 550 g/mol. The van der Waals surface area contributed by atoms with Crippen molar-refractivity contribution in [2.45, 2.75) is 28.9 Å². The van der Waals surface area contributed by atoms with Gasteiger partial charge in [0.05, 0.1) is 39.0 Å². The smallest absolute Gasteiger partial charge is 0.451 e. The lowest BCUT2D eigenvalue weighted by molar-refractivity contribution is -0.0696. The maximum Gasteiger partial charge on any atom is 0.510 e. The van der Waals surface area contributed by atoms with E-state index >= 15 is 0 Å². The van der Waals surface area contributed by atoms with Crippen molar-refractivity contribution >= 4 is 23.8 Å². The fourth-order valence-electron chi connectivity index (χ4n) is 5.71. The third-order valence-electron chi connectivity index (χ3n) is 7.43. The third kappa shape index (κ3) is 4.81. The quantitative estimate of drug-likeness (QED) is 0.319. The Bertz CT molecular complexity index is 1480. The lowest BCUT2D eigenvalue weighted by atomic mass is 9.93. The van der Waals surface area contributed by atoms with Gasteiger partial charge in [-0.05, 0) is 22.8 Å². The average Bonchev–Trinajstić information content (AvgIpc) is 3.15. The summed E-state index contributed by atoms with van der Waals surface area (Å²) >= 11 is 1.76. The number of methoxy groups -OCH3 is 2. The Morgan fingerprint density at radius 1 is 1.02 bits per heavy atom. The first-order valence-electron chi connectivity index (χ1n) is 13.1. The minimum absolute atomic E-state index is 0.0251. The zero-order valence-corrected chi connectivity index (χ0v) is 23.4. The van der Waals surface area contributed by atoms with Crippen molar-refractivity contribution in [3.63, 3.8) is 0 Å². The summed E-state index contributed by atoms with van der Waals surface area (Å²) in [5, 5.41) is 2.08. The van der Waals surface area contributed by atoms with Crippen molar-refractivity contribution in [3.05, 3.63) is 93.4 Å². The fraction of sp³-hybridized carbons (Fsp3) is 0.345. The lowest BCUT2D eigenvalue weighted by Crippen LogP contribution is -2.69. The molecule has 1 aromatic heterocycles. The van der Waals surface area contributed by atoms with E-state index in [1.54, 1.807) is 34.6 Å². The highest BCUT2D eigenvalue weighted by molar-refractivity contribution is 7.98. The molecule has 4 heterocycles. The Labute approximate surface area is 240 Å². The molecule has 1 amide bonds. The molecule has 0 saturated carbocycles. The number of hydrogen-bond donors (Lipinski definition) is 0. The molecule has 1 fully saturated rings. The molecule has 0 spiro atoms. The molecule has 11 nitrogen and oxygen atoms in total. The van der Waals surface area contributed by atoms with Crippen LogP contribution in [0.4, 0.5) is 4.79 Å². The number of benzene rings is 2. The van der Waals surface area contributed by atoms with Crippen LogP contribution in [0.15, 0.2) is 70.5 Å². The summed E-state index contributed by atoms with van der Waals surface area (Å²) < 4.78 is 28.2. The van der Waals surface area contributed by atoms with E-state index < -0.39 is 36.5 Å². The Morgan fingerprint density at radius 3 is 2.61 bits per heavy atom. The number of pyridine rings is 1. The number of morpholine rings is 1. The summed E-state index contributed by atoms with van der Waals surface area (Å²) in [6.07, 6.45) is 0.0876. The second-order valence-electron chi connectivity index (χ2n) is 9.71. The number of rotatable bonds is 6. The molecule has 41 heavy (non-hydrogen) atoms. The number of thioether (sulfide) groups is 1. The SMILES string of the molecule is COCC1COC[C@@H]2N1C(=O)c1c(OCOC(=O)OC)c(=O)ccn1N2[C@H]1c2ccccc2CSc2ccccc21. The Balaban J connectivity index is 1.57. The number of amides is 1. The van der Waals surface area contributed by atoms with Gasteiger partial charge in [0.15, 0.2) is 5.69 Å². The van der Waals surface area contributed by atoms with E-state index in [2.05, 4.69) is 34.0 Å². The highest BCUT2D eigenvalue weighted by atomic mass is 32.2. The minimum atomic E-state index is -0.972. The number of carbonyl (C=O) groups excluding carboxylic acids is 2. The van der Waals surface area contributed by atoms with Crippen LogP contribution in [0.2, 0.25) is 0 Å². The molecular formula is C29H29N3O8S. The van der Waals surface area contributed by atoms with E-state index in [0.717, 1.165) is 34.4 Å². The summed E-state index contributed by atoms with van der Waals surface area (Å²) in [5.41, 5.74) is 2.81. The van der Waals surface area contributed by atoms with Gasteiger partial charge in [-0.25, -0.2) is 4.79 Å². The van der Waals surface area contributed by atoms with Gasteiger partial charge in [0.1, 0.15) is 6.17 Å². The predicted octanol–water partition coefficient (Wildman–Crippen LogP) is 3.13. The van der Waals surface area contributed by atoms with Crippen molar-refractivity contribution in [1.82, 2.24) is 9.58 Å². The predicted molar refractivity (Wildman–Crippen MR) is 149 cm³/mol. The van der Waals surface area contributed by atoms with Crippen LogP contribution >= 0.6 is 11.8 Å². The van der Waals surface area contributed by atoms with Crippen molar-refractivity contribution in [2.75, 3.05) is 45.8 Å². The first kappa shape index (κ1) is 27.2. The maximum absolute atomic E-state index is 14.3. The molecule has 12 heteroatoms. The average molecular weight is 580 g/mol. The van der Waals surface area contributed by atoms with Crippen molar-refractivity contribution in [1.29, 1.82) is 0 Å². The zero-order valence-electron chi connectivity index (χ0n) is 22.6. The second kappa shape index (κ2) is 11.5. The van der Waals surface area contributed by atoms with Crippen molar-refractivity contribution in [2.24, 2.45) is 0 Å². The van der Waals surface area contributed by atoms with E-state index in [1.807, 2.05) is 24.3 Å². The maximum atomic E-state index is 14.3. The van der Waals surface area contributed by atoms with Crippen LogP contribution in [0.25, 0.3) is 0 Å². The van der Waals surface area contributed by atoms with Crippen LogP contribution in [-0.2, 0) is 24.7 Å². The number of hydrogen-bond acceptors (Lipinski definition) is 10. The molecule has 0 radical (unpaired) electrons. The van der Waals surface area contributed by atoms with E-state index in [1.165, 1.54) is 6.07 Å². The molecule has 0 bridgehead atoms. The Hall–Kier alpha value is -4.00. The highest BCUT2D eigenvalue weighted by Gasteiger charge is 2.49. The van der Waals surface area contributed by atoms with Crippen LogP contribution in [0.5, 0.6) is 5.75 Å². The van der Waals surface area contributed by atoms with Gasteiger partial charge < -0.3 is 28.6 Å². The van der Waals surface area contributed by atoms with Crippen molar-refractivity contribution in [3.8, 4) is 5.75 Å². The summed E-state index contributed by atoms with van der Waals surface area (Å²) in [6, 6.07) is 17.0. The van der Waals surface area contributed by atoms with Gasteiger partial charge in [0.25, 0.3) is 5.91 Å². The van der Waals surface area contributed by atoms with Crippen LogP contribution in [0, 0.1) is 0 Å². The van der Waals surface area contributed by atoms with Crippen LogP contribution in [-0.4, -0.2) is 74.7 Å². The molecule has 1 unspecified atom stereocenters. The molecule has 1 saturated heterocycles. The van der Waals surface area contributed by atoms with Gasteiger partial charge in [0.2, 0.25) is 18.0 Å². The van der Waals surface area contributed by atoms with E-state index in [-0.39, 0.29) is 37.3 Å². The number of fused-ring (bicyclic) bond motifs is 4. The summed E-state index contributed by atoms with van der Waals surface area (Å²) in [5.74, 6) is 0.146. The summed E-state index contributed by atoms with van der Waals surface area (Å²) in [4.78, 5) is 41.8. The second-order valence-corrected chi connectivity index (χ2v) is 10.7. The monoisotopic (exact) mass is 579 g/mol. The molecule has 3 aliphatic heterocycles. The largest absolute Gasteiger partial charge is 0.510 e. The first-order chi connectivity index (χ1) is 20.0. The van der Waals surface area contributed by atoms with Crippen LogP contribution < -0.4 is 15.2 Å². The van der Waals surface area contributed by atoms with Crippen LogP contribution in [0.3, 0.4) is 0 Å². The highest BCUT2D eigenvalue weighted by Crippen LogP contribution is 2.44. The number of aromatic nitrogens is 1. The molecule has 6 rings (SSSR count). The molecule has 3 atom stereocenters. The minimum Gasteiger partial charge on any atom is -0.451 e. The van der Waals surface area contributed by atoms with Gasteiger partial charge in [-0.15, -0.1) is 11.8 Å². The van der Waals surface area contributed by atoms with Crippen LogP contribution in [0.1, 0.15) is 33.2 Å². The van der Waals surface area contributed by atoms with Gasteiger partial charge in [-0.3, -0.25) is 19.3 Å². The number of ether oxygens (including phenoxy) is 5. The zero-order chi connectivity index (χ0) is 28.5. The topological polar surface area (TPSA) is 109 Å². The molecule has 214 valence electrons. The number of nitrogens with zero attached hydrogens (tertiary/aromatic N) is 3. The van der Waals surface area contributed by atoms with Gasteiger partial charge in [-0.1, -0.05) is 42.5 Å². The first-order valence-corrected chi connectivity index (χ1v) is 14.1. The van der Waals surface area contributed by atoms with E-state index in [0.29, 0.717) is 0 Å². The van der Waals surface area contributed by atoms with E-state index in [4.69, 9.17) is 18.9 Å². The Kier molecular flexibility index (Phi) is 7.61. The summed E-state index contributed by atoms with van der Waals surface area (Å²) in [6.45, 7) is 0.151. The molecule has 2 aromatic carbocycles. The Morgan fingerprint density at radius 2 is 1.80 bits per heavy atom. The fourth-order valence-corrected chi connectivity index (χ4v) is 6.81. The molecule has 3 aromatic rings. The van der Waals surface area contributed by atoms with Gasteiger partial charge in [0, 0.05) is 30.0 Å². The van der Waals surface area contributed by atoms with E-state index in [9.17, 15) is 14.4 Å². The molecule has 0 aliphatic carbocycles. The lowest BCUT2D eigenvalue weighted by Gasteiger charge is -2.53. The van der Waals surface area contributed by atoms with Gasteiger partial charge >= 0.3 is 6.16 Å². The standard InChI is InChI=1S/C29H29N3O8S/c1-36-13-19-14-38-15-24-31(19)28(34)26-27(39-17-40-29(35)37-2)22(33)11-12-30(26)32(24)25-20-8-4-3-7-18(20)16-41-23-10-6-5-9-21(23)25/h3-12,19,24-25H,13-17H2,1-2H3/t19?,24-,25+/m1/s1. The normalized spacial score (nSPS) is 21.1. The van der Waals surface area contributed by atoms with Gasteiger partial charge in [-0.2, -0.15) is 0 Å². The third-order valence-corrected chi connectivity index (χ3v) is 8.57. The number of carbonyl (C=O) groups is 2. The summed E-state index contributed by atoms with van der Waals surface area (Å²) in [7, 11) is 2.74. The molecule has 0 N–H and O–H groups in total.